The fraction of sp³-hybridized carbons (Fsp3) is 0.625. The molecule has 54 valence electrons. The SMILES string of the molecule is C=CCC1NC(=O)C2CC12. The first-order chi connectivity index (χ1) is 4.83. The van der Waals surface area contributed by atoms with E-state index >= 15 is 0 Å². The van der Waals surface area contributed by atoms with Crippen molar-refractivity contribution in [1.82, 2.24) is 5.32 Å². The van der Waals surface area contributed by atoms with Gasteiger partial charge in [0.05, 0.1) is 0 Å². The minimum absolute atomic E-state index is 0.261. The quantitative estimate of drug-likeness (QED) is 0.557. The number of rotatable bonds is 2. The topological polar surface area (TPSA) is 29.1 Å². The number of fused-ring (bicyclic) bond motifs is 1. The Hall–Kier alpha value is -0.790. The monoisotopic (exact) mass is 137 g/mol. The van der Waals surface area contributed by atoms with Crippen LogP contribution in [0.4, 0.5) is 0 Å². The van der Waals surface area contributed by atoms with E-state index in [0.29, 0.717) is 17.9 Å². The predicted octanol–water partition coefficient (Wildman–Crippen LogP) is 0.697. The smallest absolute Gasteiger partial charge is 0.223 e. The average molecular weight is 137 g/mol. The molecule has 0 bridgehead atoms. The van der Waals surface area contributed by atoms with Crippen molar-refractivity contribution >= 4 is 5.91 Å². The Morgan fingerprint density at radius 3 is 3.00 bits per heavy atom. The number of nitrogens with one attached hydrogen (secondary N) is 1. The molecular weight excluding hydrogens is 126 g/mol. The average Bonchev–Trinajstić information content (AvgIpc) is 2.59. The molecule has 1 heterocycles. The molecule has 0 aromatic heterocycles. The second-order valence-electron chi connectivity index (χ2n) is 3.15. The summed E-state index contributed by atoms with van der Waals surface area (Å²) in [5.74, 6) is 1.27. The van der Waals surface area contributed by atoms with Crippen molar-refractivity contribution in [1.29, 1.82) is 0 Å². The van der Waals surface area contributed by atoms with Gasteiger partial charge in [-0.15, -0.1) is 6.58 Å². The fourth-order valence-electron chi connectivity index (χ4n) is 1.77. The van der Waals surface area contributed by atoms with Crippen LogP contribution in [0.3, 0.4) is 0 Å². The lowest BCUT2D eigenvalue weighted by Crippen LogP contribution is -2.29. The van der Waals surface area contributed by atoms with Gasteiger partial charge in [-0.1, -0.05) is 6.08 Å². The highest BCUT2D eigenvalue weighted by molar-refractivity contribution is 5.85. The molecule has 3 atom stereocenters. The third kappa shape index (κ3) is 0.681. The van der Waals surface area contributed by atoms with Crippen LogP contribution in [0.25, 0.3) is 0 Å². The van der Waals surface area contributed by atoms with Crippen molar-refractivity contribution in [2.75, 3.05) is 0 Å². The summed E-state index contributed by atoms with van der Waals surface area (Å²) in [6, 6.07) is 0.412. The molecule has 2 fully saturated rings. The molecule has 10 heavy (non-hydrogen) atoms. The van der Waals surface area contributed by atoms with Gasteiger partial charge in [0.25, 0.3) is 0 Å². The van der Waals surface area contributed by atoms with Gasteiger partial charge in [-0.3, -0.25) is 4.79 Å². The summed E-state index contributed by atoms with van der Waals surface area (Å²) in [6.07, 6.45) is 3.93. The highest BCUT2D eigenvalue weighted by Gasteiger charge is 2.53. The molecule has 1 N–H and O–H groups in total. The number of carbonyl (C=O) groups excluding carboxylic acids is 1. The highest BCUT2D eigenvalue weighted by Crippen LogP contribution is 2.46. The zero-order valence-corrected chi connectivity index (χ0v) is 5.84. The summed E-state index contributed by atoms with van der Waals surface area (Å²) in [5.41, 5.74) is 0. The molecule has 3 unspecified atom stereocenters. The molecule has 0 spiro atoms. The van der Waals surface area contributed by atoms with Gasteiger partial charge >= 0.3 is 0 Å². The molecule has 0 aromatic carbocycles. The van der Waals surface area contributed by atoms with E-state index < -0.39 is 0 Å². The number of carbonyl (C=O) groups is 1. The molecule has 0 radical (unpaired) electrons. The molecule has 1 amide bonds. The van der Waals surface area contributed by atoms with E-state index in [2.05, 4.69) is 11.9 Å². The van der Waals surface area contributed by atoms with Crippen LogP contribution in [0.15, 0.2) is 12.7 Å². The summed E-state index contributed by atoms with van der Waals surface area (Å²) in [7, 11) is 0. The van der Waals surface area contributed by atoms with E-state index in [4.69, 9.17) is 0 Å². The van der Waals surface area contributed by atoms with Crippen molar-refractivity contribution < 1.29 is 4.79 Å². The van der Waals surface area contributed by atoms with Gasteiger partial charge in [0.2, 0.25) is 5.91 Å². The molecule has 2 nitrogen and oxygen atoms in total. The molecule has 1 aliphatic heterocycles. The maximum Gasteiger partial charge on any atom is 0.223 e. The van der Waals surface area contributed by atoms with E-state index in [9.17, 15) is 4.79 Å². The highest BCUT2D eigenvalue weighted by atomic mass is 16.2. The number of amides is 1. The molecule has 0 aromatic rings. The molecule has 1 aliphatic carbocycles. The summed E-state index contributed by atoms with van der Waals surface area (Å²) < 4.78 is 0. The van der Waals surface area contributed by atoms with E-state index in [0.717, 1.165) is 12.8 Å². The number of piperidine rings is 1. The minimum atomic E-state index is 0.261. The summed E-state index contributed by atoms with van der Waals surface area (Å²) in [6.45, 7) is 3.65. The maximum atomic E-state index is 11.0. The van der Waals surface area contributed by atoms with Gasteiger partial charge < -0.3 is 5.32 Å². The molecule has 2 rings (SSSR count). The Balaban J connectivity index is 2.01. The van der Waals surface area contributed by atoms with Crippen molar-refractivity contribution in [3.05, 3.63) is 12.7 Å². The predicted molar refractivity (Wildman–Crippen MR) is 38.3 cm³/mol. The third-order valence-corrected chi connectivity index (χ3v) is 2.44. The maximum absolute atomic E-state index is 11.0. The summed E-state index contributed by atoms with van der Waals surface area (Å²) >= 11 is 0. The van der Waals surface area contributed by atoms with Crippen LogP contribution in [-0.2, 0) is 4.79 Å². The molecule has 2 heteroatoms. The number of hydrogen-bond donors (Lipinski definition) is 1. The lowest BCUT2D eigenvalue weighted by Gasteiger charge is -2.08. The fourth-order valence-corrected chi connectivity index (χ4v) is 1.77. The lowest BCUT2D eigenvalue weighted by molar-refractivity contribution is -0.121. The first-order valence-corrected chi connectivity index (χ1v) is 3.74. The lowest BCUT2D eigenvalue weighted by atomic mass is 10.1. The second-order valence-corrected chi connectivity index (χ2v) is 3.15. The van der Waals surface area contributed by atoms with Crippen LogP contribution in [0.2, 0.25) is 0 Å². The normalized spacial score (nSPS) is 42.4. The van der Waals surface area contributed by atoms with E-state index in [1.165, 1.54) is 0 Å². The Kier molecular flexibility index (Phi) is 1.10. The van der Waals surface area contributed by atoms with Gasteiger partial charge in [-0.25, -0.2) is 0 Å². The van der Waals surface area contributed by atoms with Crippen LogP contribution in [0.1, 0.15) is 12.8 Å². The first-order valence-electron chi connectivity index (χ1n) is 3.74. The van der Waals surface area contributed by atoms with Crippen molar-refractivity contribution in [3.63, 3.8) is 0 Å². The first kappa shape index (κ1) is 5.96. The van der Waals surface area contributed by atoms with Gasteiger partial charge in [-0.2, -0.15) is 0 Å². The Labute approximate surface area is 60.3 Å². The third-order valence-electron chi connectivity index (χ3n) is 2.44. The zero-order valence-electron chi connectivity index (χ0n) is 5.84. The largest absolute Gasteiger partial charge is 0.353 e. The van der Waals surface area contributed by atoms with Gasteiger partial charge in [0.15, 0.2) is 0 Å². The Morgan fingerprint density at radius 2 is 2.60 bits per heavy atom. The molecule has 2 aliphatic rings. The van der Waals surface area contributed by atoms with Crippen LogP contribution in [0, 0.1) is 11.8 Å². The van der Waals surface area contributed by atoms with Crippen molar-refractivity contribution in [2.24, 2.45) is 11.8 Å². The zero-order chi connectivity index (χ0) is 7.14. The van der Waals surface area contributed by atoms with Crippen LogP contribution < -0.4 is 5.32 Å². The second kappa shape index (κ2) is 1.84. The Morgan fingerprint density at radius 1 is 1.80 bits per heavy atom. The van der Waals surface area contributed by atoms with Crippen LogP contribution in [-0.4, -0.2) is 11.9 Å². The summed E-state index contributed by atoms with van der Waals surface area (Å²) in [5, 5.41) is 2.94. The van der Waals surface area contributed by atoms with Crippen molar-refractivity contribution in [3.8, 4) is 0 Å². The van der Waals surface area contributed by atoms with E-state index in [1.54, 1.807) is 0 Å². The molecular formula is C8H11NO. The van der Waals surface area contributed by atoms with E-state index in [1.807, 2.05) is 6.08 Å². The Bertz CT molecular complexity index is 188. The number of hydrogen-bond acceptors (Lipinski definition) is 1. The summed E-state index contributed by atoms with van der Waals surface area (Å²) in [4.78, 5) is 11.0. The molecule has 1 saturated heterocycles. The van der Waals surface area contributed by atoms with Crippen LogP contribution >= 0.6 is 0 Å². The molecule has 1 saturated carbocycles. The van der Waals surface area contributed by atoms with E-state index in [-0.39, 0.29) is 5.91 Å². The van der Waals surface area contributed by atoms with Crippen molar-refractivity contribution in [2.45, 2.75) is 18.9 Å². The van der Waals surface area contributed by atoms with Crippen LogP contribution in [0.5, 0.6) is 0 Å². The standard InChI is InChI=1S/C8H11NO/c1-2-3-7-5-4-6(5)8(10)9-7/h2,5-7H,1,3-4H2,(H,9,10). The van der Waals surface area contributed by atoms with Gasteiger partial charge in [-0.05, 0) is 18.8 Å². The van der Waals surface area contributed by atoms with Gasteiger partial charge in [0.1, 0.15) is 0 Å². The minimum Gasteiger partial charge on any atom is -0.353 e. The van der Waals surface area contributed by atoms with Gasteiger partial charge in [0, 0.05) is 12.0 Å².